The van der Waals surface area contributed by atoms with Crippen LogP contribution in [0.15, 0.2) is 42.5 Å². The van der Waals surface area contributed by atoms with Gasteiger partial charge in [-0.1, -0.05) is 36.8 Å². The van der Waals surface area contributed by atoms with Crippen molar-refractivity contribution in [2.75, 3.05) is 17.2 Å². The van der Waals surface area contributed by atoms with Crippen molar-refractivity contribution < 1.29 is 9.59 Å². The molecule has 1 N–H and O–H groups in total. The first-order valence-corrected chi connectivity index (χ1v) is 9.95. The normalized spacial score (nSPS) is 16.8. The van der Waals surface area contributed by atoms with Gasteiger partial charge in [0.15, 0.2) is 0 Å². The Morgan fingerprint density at radius 3 is 2.58 bits per heavy atom. The standard InChI is InChI=1S/C21H24N2O2S/c1-4-11-22-20(25)17-9-10-18(15(3)12-17)23-19(24)13-26-21(23)16-7-5-14(2)6-8-16/h5-10,12,21H,4,11,13H2,1-3H3,(H,22,25). The van der Waals surface area contributed by atoms with Gasteiger partial charge in [0.05, 0.1) is 5.75 Å². The van der Waals surface area contributed by atoms with E-state index in [2.05, 4.69) is 36.5 Å². The molecule has 0 radical (unpaired) electrons. The molecule has 0 aliphatic carbocycles. The van der Waals surface area contributed by atoms with E-state index >= 15 is 0 Å². The van der Waals surface area contributed by atoms with Crippen molar-refractivity contribution in [2.24, 2.45) is 0 Å². The van der Waals surface area contributed by atoms with Crippen molar-refractivity contribution in [2.45, 2.75) is 32.6 Å². The molecule has 1 aliphatic heterocycles. The summed E-state index contributed by atoms with van der Waals surface area (Å²) in [7, 11) is 0. The third kappa shape index (κ3) is 3.78. The molecule has 1 fully saturated rings. The van der Waals surface area contributed by atoms with E-state index in [0.717, 1.165) is 23.2 Å². The van der Waals surface area contributed by atoms with Gasteiger partial charge in [0.1, 0.15) is 5.37 Å². The van der Waals surface area contributed by atoms with Crippen molar-refractivity contribution in [3.05, 3.63) is 64.7 Å². The van der Waals surface area contributed by atoms with Crippen molar-refractivity contribution in [1.29, 1.82) is 0 Å². The number of aryl methyl sites for hydroxylation is 2. The number of hydrogen-bond donors (Lipinski definition) is 1. The van der Waals surface area contributed by atoms with Gasteiger partial charge in [-0.3, -0.25) is 14.5 Å². The molecule has 2 aromatic carbocycles. The predicted octanol–water partition coefficient (Wildman–Crippen LogP) is 4.22. The van der Waals surface area contributed by atoms with Crippen LogP contribution in [0.25, 0.3) is 0 Å². The molecule has 1 saturated heterocycles. The molecule has 1 heterocycles. The van der Waals surface area contributed by atoms with E-state index in [-0.39, 0.29) is 17.2 Å². The molecule has 1 unspecified atom stereocenters. The number of amides is 2. The Kier molecular flexibility index (Phi) is 5.67. The van der Waals surface area contributed by atoms with Crippen molar-refractivity contribution in [3.8, 4) is 0 Å². The van der Waals surface area contributed by atoms with Gasteiger partial charge in [0.2, 0.25) is 5.91 Å². The lowest BCUT2D eigenvalue weighted by Crippen LogP contribution is -2.29. The molecule has 0 aromatic heterocycles. The zero-order valence-corrected chi connectivity index (χ0v) is 16.2. The number of rotatable bonds is 5. The largest absolute Gasteiger partial charge is 0.352 e. The predicted molar refractivity (Wildman–Crippen MR) is 108 cm³/mol. The van der Waals surface area contributed by atoms with Gasteiger partial charge in [-0.15, -0.1) is 11.8 Å². The molecule has 4 nitrogen and oxygen atoms in total. The van der Waals surface area contributed by atoms with Crippen LogP contribution in [0.3, 0.4) is 0 Å². The highest BCUT2D eigenvalue weighted by Gasteiger charge is 2.34. The highest BCUT2D eigenvalue weighted by Crippen LogP contribution is 2.42. The number of nitrogens with zero attached hydrogens (tertiary/aromatic N) is 1. The summed E-state index contributed by atoms with van der Waals surface area (Å²) in [5.74, 6) is 0.502. The van der Waals surface area contributed by atoms with Gasteiger partial charge in [-0.2, -0.15) is 0 Å². The molecule has 2 aromatic rings. The van der Waals surface area contributed by atoms with Gasteiger partial charge >= 0.3 is 0 Å². The maximum atomic E-state index is 12.6. The summed E-state index contributed by atoms with van der Waals surface area (Å²) in [6.45, 7) is 6.70. The number of benzene rings is 2. The Morgan fingerprint density at radius 2 is 1.92 bits per heavy atom. The molecule has 0 spiro atoms. The maximum absolute atomic E-state index is 12.6. The van der Waals surface area contributed by atoms with Gasteiger partial charge in [0, 0.05) is 17.8 Å². The zero-order chi connectivity index (χ0) is 18.7. The first-order valence-electron chi connectivity index (χ1n) is 8.90. The molecule has 0 bridgehead atoms. The van der Waals surface area contributed by atoms with Gasteiger partial charge in [0.25, 0.3) is 5.91 Å². The molecule has 1 atom stereocenters. The summed E-state index contributed by atoms with van der Waals surface area (Å²) in [4.78, 5) is 26.6. The van der Waals surface area contributed by atoms with Crippen LogP contribution in [-0.2, 0) is 4.79 Å². The topological polar surface area (TPSA) is 49.4 Å². The molecule has 5 heteroatoms. The summed E-state index contributed by atoms with van der Waals surface area (Å²) in [6.07, 6.45) is 0.903. The molecule has 26 heavy (non-hydrogen) atoms. The summed E-state index contributed by atoms with van der Waals surface area (Å²) in [5, 5.41) is 2.86. The Bertz CT molecular complexity index is 817. The fraction of sp³-hybridized carbons (Fsp3) is 0.333. The van der Waals surface area contributed by atoms with Crippen LogP contribution < -0.4 is 10.2 Å². The van der Waals surface area contributed by atoms with E-state index in [0.29, 0.717) is 17.9 Å². The molecule has 3 rings (SSSR count). The van der Waals surface area contributed by atoms with E-state index in [4.69, 9.17) is 0 Å². The Hall–Kier alpha value is -2.27. The number of anilines is 1. The first kappa shape index (κ1) is 18.5. The van der Waals surface area contributed by atoms with E-state index in [1.54, 1.807) is 17.8 Å². The van der Waals surface area contributed by atoms with Gasteiger partial charge in [-0.05, 0) is 49.6 Å². The third-order valence-corrected chi connectivity index (χ3v) is 5.70. The zero-order valence-electron chi connectivity index (χ0n) is 15.4. The van der Waals surface area contributed by atoms with Crippen LogP contribution >= 0.6 is 11.8 Å². The van der Waals surface area contributed by atoms with Gasteiger partial charge < -0.3 is 5.32 Å². The second kappa shape index (κ2) is 7.96. The molecular weight excluding hydrogens is 344 g/mol. The van der Waals surface area contributed by atoms with E-state index < -0.39 is 0 Å². The highest BCUT2D eigenvalue weighted by molar-refractivity contribution is 8.00. The second-order valence-electron chi connectivity index (χ2n) is 6.59. The van der Waals surface area contributed by atoms with Crippen molar-refractivity contribution in [1.82, 2.24) is 5.32 Å². The monoisotopic (exact) mass is 368 g/mol. The molecule has 2 amide bonds. The number of hydrogen-bond acceptors (Lipinski definition) is 3. The lowest BCUT2D eigenvalue weighted by molar-refractivity contribution is -0.115. The molecular formula is C21H24N2O2S. The highest BCUT2D eigenvalue weighted by atomic mass is 32.2. The quantitative estimate of drug-likeness (QED) is 0.859. The minimum absolute atomic E-state index is 0.0263. The average molecular weight is 369 g/mol. The Morgan fingerprint density at radius 1 is 1.19 bits per heavy atom. The van der Waals surface area contributed by atoms with E-state index in [1.807, 2.05) is 30.9 Å². The lowest BCUT2D eigenvalue weighted by Gasteiger charge is -2.26. The minimum atomic E-state index is -0.0706. The van der Waals surface area contributed by atoms with Crippen LogP contribution in [0.2, 0.25) is 0 Å². The number of nitrogens with one attached hydrogen (secondary N) is 1. The molecule has 136 valence electrons. The smallest absolute Gasteiger partial charge is 0.251 e. The Labute approximate surface area is 159 Å². The fourth-order valence-corrected chi connectivity index (χ4v) is 4.24. The average Bonchev–Trinajstić information content (AvgIpc) is 3.01. The van der Waals surface area contributed by atoms with Crippen LogP contribution in [-0.4, -0.2) is 24.1 Å². The lowest BCUT2D eigenvalue weighted by atomic mass is 10.1. The summed E-state index contributed by atoms with van der Waals surface area (Å²) >= 11 is 1.64. The van der Waals surface area contributed by atoms with Crippen LogP contribution in [0.5, 0.6) is 0 Å². The van der Waals surface area contributed by atoms with E-state index in [9.17, 15) is 9.59 Å². The van der Waals surface area contributed by atoms with E-state index in [1.165, 1.54) is 5.56 Å². The molecule has 1 aliphatic rings. The fourth-order valence-electron chi connectivity index (χ4n) is 3.07. The summed E-state index contributed by atoms with van der Waals surface area (Å²) in [6, 6.07) is 13.9. The SMILES string of the molecule is CCCNC(=O)c1ccc(N2C(=O)CSC2c2ccc(C)cc2)c(C)c1. The van der Waals surface area contributed by atoms with Crippen LogP contribution in [0.4, 0.5) is 5.69 Å². The van der Waals surface area contributed by atoms with Crippen LogP contribution in [0.1, 0.15) is 45.8 Å². The third-order valence-electron chi connectivity index (χ3n) is 4.48. The van der Waals surface area contributed by atoms with Gasteiger partial charge in [-0.25, -0.2) is 0 Å². The number of thioether (sulfide) groups is 1. The second-order valence-corrected chi connectivity index (χ2v) is 7.66. The minimum Gasteiger partial charge on any atom is -0.352 e. The van der Waals surface area contributed by atoms with Crippen LogP contribution in [0, 0.1) is 13.8 Å². The number of carbonyl (C=O) groups excluding carboxylic acids is 2. The molecule has 0 saturated carbocycles. The summed E-state index contributed by atoms with van der Waals surface area (Å²) < 4.78 is 0. The number of carbonyl (C=O) groups is 2. The van der Waals surface area contributed by atoms with Crippen molar-refractivity contribution in [3.63, 3.8) is 0 Å². The Balaban J connectivity index is 1.89. The first-order chi connectivity index (χ1) is 12.5. The maximum Gasteiger partial charge on any atom is 0.251 e. The summed E-state index contributed by atoms with van der Waals surface area (Å²) in [5.41, 5.74) is 4.76. The van der Waals surface area contributed by atoms with Crippen molar-refractivity contribution >= 4 is 29.3 Å².